The van der Waals surface area contributed by atoms with Crippen LogP contribution in [0.2, 0.25) is 0 Å². The van der Waals surface area contributed by atoms with Crippen LogP contribution in [-0.2, 0) is 6.54 Å². The van der Waals surface area contributed by atoms with E-state index >= 15 is 0 Å². The highest BCUT2D eigenvalue weighted by Gasteiger charge is 2.07. The molecule has 0 spiro atoms. The minimum Gasteiger partial charge on any atom is -0.495 e. The van der Waals surface area contributed by atoms with Crippen LogP contribution < -0.4 is 10.1 Å². The second-order valence-corrected chi connectivity index (χ2v) is 5.72. The standard InChI is InChI=1S/C17H17BrN2O/c1-12(14-4-3-5-16(18)9-14)20-11-13-6-7-15(10-19)17(8-13)21-2/h3-9,12,20H,11H2,1-2H3/t12-/m0/s1. The fraction of sp³-hybridized carbons (Fsp3) is 0.235. The Labute approximate surface area is 133 Å². The van der Waals surface area contributed by atoms with Gasteiger partial charge in [0.1, 0.15) is 11.8 Å². The van der Waals surface area contributed by atoms with E-state index in [9.17, 15) is 0 Å². The number of ether oxygens (including phenoxy) is 1. The molecule has 0 saturated carbocycles. The predicted molar refractivity (Wildman–Crippen MR) is 87.1 cm³/mol. The molecule has 0 aliphatic carbocycles. The number of hydrogen-bond acceptors (Lipinski definition) is 3. The summed E-state index contributed by atoms with van der Waals surface area (Å²) >= 11 is 3.49. The van der Waals surface area contributed by atoms with Crippen molar-refractivity contribution >= 4 is 15.9 Å². The molecule has 21 heavy (non-hydrogen) atoms. The van der Waals surface area contributed by atoms with E-state index in [0.717, 1.165) is 16.6 Å². The highest BCUT2D eigenvalue weighted by molar-refractivity contribution is 9.10. The second-order valence-electron chi connectivity index (χ2n) is 4.80. The molecule has 0 aliphatic rings. The SMILES string of the molecule is COc1cc(CN[C@@H](C)c2cccc(Br)c2)ccc1C#N. The zero-order valence-corrected chi connectivity index (χ0v) is 13.6. The molecule has 4 heteroatoms. The zero-order valence-electron chi connectivity index (χ0n) is 12.1. The molecule has 1 N–H and O–H groups in total. The minimum absolute atomic E-state index is 0.240. The van der Waals surface area contributed by atoms with Gasteiger partial charge in [0.05, 0.1) is 12.7 Å². The Morgan fingerprint density at radius 2 is 2.10 bits per heavy atom. The Balaban J connectivity index is 2.04. The third kappa shape index (κ3) is 4.07. The number of rotatable bonds is 5. The topological polar surface area (TPSA) is 45.0 Å². The van der Waals surface area contributed by atoms with E-state index in [1.807, 2.05) is 24.3 Å². The second kappa shape index (κ2) is 7.26. The van der Waals surface area contributed by atoms with E-state index in [1.54, 1.807) is 13.2 Å². The van der Waals surface area contributed by atoms with Crippen molar-refractivity contribution in [2.24, 2.45) is 0 Å². The molecule has 0 heterocycles. The van der Waals surface area contributed by atoms with Crippen molar-refractivity contribution in [3.8, 4) is 11.8 Å². The highest BCUT2D eigenvalue weighted by atomic mass is 79.9. The lowest BCUT2D eigenvalue weighted by atomic mass is 10.1. The van der Waals surface area contributed by atoms with Gasteiger partial charge >= 0.3 is 0 Å². The van der Waals surface area contributed by atoms with Crippen molar-refractivity contribution in [3.63, 3.8) is 0 Å². The van der Waals surface area contributed by atoms with Crippen molar-refractivity contribution < 1.29 is 4.74 Å². The van der Waals surface area contributed by atoms with Gasteiger partial charge in [-0.2, -0.15) is 5.26 Å². The summed E-state index contributed by atoms with van der Waals surface area (Å²) in [6.45, 7) is 2.85. The first-order valence-corrected chi connectivity index (χ1v) is 7.49. The number of nitrogens with zero attached hydrogens (tertiary/aromatic N) is 1. The van der Waals surface area contributed by atoms with Gasteiger partial charge in [0.25, 0.3) is 0 Å². The molecule has 2 aromatic rings. The molecular weight excluding hydrogens is 328 g/mol. The van der Waals surface area contributed by atoms with Crippen LogP contribution in [-0.4, -0.2) is 7.11 Å². The monoisotopic (exact) mass is 344 g/mol. The van der Waals surface area contributed by atoms with Crippen LogP contribution in [0, 0.1) is 11.3 Å². The molecule has 0 bridgehead atoms. The Hall–Kier alpha value is -1.83. The van der Waals surface area contributed by atoms with Crippen LogP contribution in [0.5, 0.6) is 5.75 Å². The van der Waals surface area contributed by atoms with Crippen LogP contribution in [0.4, 0.5) is 0 Å². The van der Waals surface area contributed by atoms with Gasteiger partial charge in [0, 0.05) is 17.1 Å². The maximum absolute atomic E-state index is 8.98. The van der Waals surface area contributed by atoms with Gasteiger partial charge in [0.15, 0.2) is 0 Å². The summed E-state index contributed by atoms with van der Waals surface area (Å²) < 4.78 is 6.31. The van der Waals surface area contributed by atoms with Crippen molar-refractivity contribution in [1.29, 1.82) is 5.26 Å². The molecule has 0 amide bonds. The molecule has 2 aromatic carbocycles. The van der Waals surface area contributed by atoms with Gasteiger partial charge in [-0.25, -0.2) is 0 Å². The summed E-state index contributed by atoms with van der Waals surface area (Å²) in [5, 5.41) is 12.5. The molecule has 0 aromatic heterocycles. The van der Waals surface area contributed by atoms with E-state index in [2.05, 4.69) is 46.4 Å². The average molecular weight is 345 g/mol. The van der Waals surface area contributed by atoms with E-state index in [-0.39, 0.29) is 6.04 Å². The summed E-state index contributed by atoms with van der Waals surface area (Å²) in [6.07, 6.45) is 0. The van der Waals surface area contributed by atoms with Gasteiger partial charge in [-0.1, -0.05) is 34.1 Å². The van der Waals surface area contributed by atoms with Gasteiger partial charge in [0.2, 0.25) is 0 Å². The molecule has 0 radical (unpaired) electrons. The number of benzene rings is 2. The smallest absolute Gasteiger partial charge is 0.136 e. The molecule has 0 unspecified atom stereocenters. The number of hydrogen-bond donors (Lipinski definition) is 1. The maximum atomic E-state index is 8.98. The lowest BCUT2D eigenvalue weighted by Crippen LogP contribution is -2.18. The Bertz CT molecular complexity index is 664. The quantitative estimate of drug-likeness (QED) is 0.884. The first-order valence-electron chi connectivity index (χ1n) is 6.70. The van der Waals surface area contributed by atoms with Crippen molar-refractivity contribution in [2.75, 3.05) is 7.11 Å². The third-order valence-electron chi connectivity index (χ3n) is 3.35. The predicted octanol–water partition coefficient (Wildman–Crippen LogP) is 4.18. The lowest BCUT2D eigenvalue weighted by molar-refractivity contribution is 0.412. The van der Waals surface area contributed by atoms with Crippen LogP contribution in [0.3, 0.4) is 0 Å². The van der Waals surface area contributed by atoms with E-state index < -0.39 is 0 Å². The number of nitrogens with one attached hydrogen (secondary N) is 1. The van der Waals surface area contributed by atoms with E-state index in [4.69, 9.17) is 10.00 Å². The molecule has 3 nitrogen and oxygen atoms in total. The van der Waals surface area contributed by atoms with Crippen LogP contribution >= 0.6 is 15.9 Å². The molecule has 108 valence electrons. The lowest BCUT2D eigenvalue weighted by Gasteiger charge is -2.15. The minimum atomic E-state index is 0.240. The van der Waals surface area contributed by atoms with E-state index in [0.29, 0.717) is 11.3 Å². The van der Waals surface area contributed by atoms with Crippen LogP contribution in [0.1, 0.15) is 29.7 Å². The zero-order chi connectivity index (χ0) is 15.2. The molecule has 0 aliphatic heterocycles. The molecule has 1 atom stereocenters. The molecular formula is C17H17BrN2O. The van der Waals surface area contributed by atoms with Crippen LogP contribution in [0.15, 0.2) is 46.9 Å². The summed E-state index contributed by atoms with van der Waals surface area (Å²) in [6, 6.07) is 16.3. The van der Waals surface area contributed by atoms with E-state index in [1.165, 1.54) is 5.56 Å². The van der Waals surface area contributed by atoms with Gasteiger partial charge < -0.3 is 10.1 Å². The fourth-order valence-electron chi connectivity index (χ4n) is 2.10. The van der Waals surface area contributed by atoms with Crippen LogP contribution in [0.25, 0.3) is 0 Å². The molecule has 2 rings (SSSR count). The largest absolute Gasteiger partial charge is 0.495 e. The summed E-state index contributed by atoms with van der Waals surface area (Å²) in [4.78, 5) is 0. The third-order valence-corrected chi connectivity index (χ3v) is 3.84. The van der Waals surface area contributed by atoms with Gasteiger partial charge in [-0.15, -0.1) is 0 Å². The summed E-state index contributed by atoms with van der Waals surface area (Å²) in [5.74, 6) is 0.618. The fourth-order valence-corrected chi connectivity index (χ4v) is 2.52. The first kappa shape index (κ1) is 15.6. The Kier molecular flexibility index (Phi) is 5.38. The summed E-state index contributed by atoms with van der Waals surface area (Å²) in [5.41, 5.74) is 2.87. The van der Waals surface area contributed by atoms with Gasteiger partial charge in [-0.05, 0) is 42.3 Å². The van der Waals surface area contributed by atoms with Gasteiger partial charge in [-0.3, -0.25) is 0 Å². The van der Waals surface area contributed by atoms with Crippen molar-refractivity contribution in [1.82, 2.24) is 5.32 Å². The highest BCUT2D eigenvalue weighted by Crippen LogP contribution is 2.21. The molecule has 0 saturated heterocycles. The Morgan fingerprint density at radius 3 is 2.76 bits per heavy atom. The Morgan fingerprint density at radius 1 is 1.29 bits per heavy atom. The van der Waals surface area contributed by atoms with Crippen molar-refractivity contribution in [2.45, 2.75) is 19.5 Å². The number of methoxy groups -OCH3 is 1. The number of halogens is 1. The first-order chi connectivity index (χ1) is 10.1. The normalized spacial score (nSPS) is 11.7. The maximum Gasteiger partial charge on any atom is 0.136 e. The molecule has 0 fully saturated rings. The number of nitriles is 1. The summed E-state index contributed by atoms with van der Waals surface area (Å²) in [7, 11) is 1.58. The average Bonchev–Trinajstić information content (AvgIpc) is 2.52. The van der Waals surface area contributed by atoms with Crippen molar-refractivity contribution in [3.05, 3.63) is 63.6 Å².